The Morgan fingerprint density at radius 2 is 1.91 bits per heavy atom. The van der Waals surface area contributed by atoms with Crippen molar-refractivity contribution >= 4 is 5.82 Å². The molecule has 0 aliphatic carbocycles. The number of pyridine rings is 1. The normalized spacial score (nSPS) is 9.82. The first-order valence-electron chi connectivity index (χ1n) is 3.56. The number of aromatic nitrogens is 1. The highest BCUT2D eigenvalue weighted by Gasteiger charge is 2.00. The highest BCUT2D eigenvalue weighted by Crippen LogP contribution is 2.13. The number of nitrogens with two attached hydrogens (primary N) is 1. The molecule has 3 N–H and O–H groups in total. The molecule has 60 valence electrons. The summed E-state index contributed by atoms with van der Waals surface area (Å²) in [5, 5.41) is 0. The van der Waals surface area contributed by atoms with E-state index < -0.39 is 0 Å². The second kappa shape index (κ2) is 2.88. The van der Waals surface area contributed by atoms with Crippen molar-refractivity contribution < 1.29 is 0 Å². The third-order valence-electron chi connectivity index (χ3n) is 1.79. The first-order chi connectivity index (χ1) is 5.15. The fraction of sp³-hybridized carbons (Fsp3) is 0.375. The second-order valence-corrected chi connectivity index (χ2v) is 2.70. The van der Waals surface area contributed by atoms with Gasteiger partial charge in [0.15, 0.2) is 0 Å². The number of rotatable bonds is 1. The Morgan fingerprint density at radius 1 is 1.27 bits per heavy atom. The summed E-state index contributed by atoms with van der Waals surface area (Å²) in [5.74, 6) is 6.01. The van der Waals surface area contributed by atoms with Crippen molar-refractivity contribution in [1.82, 2.24) is 4.98 Å². The monoisotopic (exact) mass is 151 g/mol. The average molecular weight is 151 g/mol. The summed E-state index contributed by atoms with van der Waals surface area (Å²) in [6, 6.07) is 2.07. The minimum Gasteiger partial charge on any atom is -0.308 e. The van der Waals surface area contributed by atoms with Gasteiger partial charge in [0.05, 0.1) is 0 Å². The molecule has 0 saturated heterocycles. The lowest BCUT2D eigenvalue weighted by Gasteiger charge is -2.06. The number of hydrogen-bond donors (Lipinski definition) is 2. The molecule has 0 aliphatic rings. The second-order valence-electron chi connectivity index (χ2n) is 2.70. The summed E-state index contributed by atoms with van der Waals surface area (Å²) < 4.78 is 0. The standard InChI is InChI=1S/C8H13N3/c1-5-4-6(2)8(11-9)10-7(5)3/h4H,9H2,1-3H3,(H,10,11). The Morgan fingerprint density at radius 3 is 2.45 bits per heavy atom. The van der Waals surface area contributed by atoms with Crippen LogP contribution in [0.1, 0.15) is 16.8 Å². The number of nitrogens with zero attached hydrogens (tertiary/aromatic N) is 1. The Kier molecular flexibility index (Phi) is 2.10. The SMILES string of the molecule is Cc1cc(C)c(NN)nc1C. The van der Waals surface area contributed by atoms with Crippen LogP contribution >= 0.6 is 0 Å². The maximum atomic E-state index is 5.26. The van der Waals surface area contributed by atoms with Crippen molar-refractivity contribution in [3.05, 3.63) is 22.9 Å². The van der Waals surface area contributed by atoms with E-state index in [1.165, 1.54) is 5.56 Å². The van der Waals surface area contributed by atoms with Gasteiger partial charge in [0.25, 0.3) is 0 Å². The van der Waals surface area contributed by atoms with Gasteiger partial charge in [0.1, 0.15) is 5.82 Å². The van der Waals surface area contributed by atoms with Crippen LogP contribution in [0.4, 0.5) is 5.82 Å². The lowest BCUT2D eigenvalue weighted by Crippen LogP contribution is -2.11. The van der Waals surface area contributed by atoms with Crippen molar-refractivity contribution in [2.45, 2.75) is 20.8 Å². The molecule has 3 nitrogen and oxygen atoms in total. The molecule has 0 fully saturated rings. The molecule has 0 radical (unpaired) electrons. The molecular formula is C8H13N3. The van der Waals surface area contributed by atoms with Crippen molar-refractivity contribution in [2.75, 3.05) is 5.43 Å². The maximum Gasteiger partial charge on any atom is 0.143 e. The van der Waals surface area contributed by atoms with E-state index in [2.05, 4.69) is 16.5 Å². The zero-order valence-corrected chi connectivity index (χ0v) is 7.10. The molecule has 11 heavy (non-hydrogen) atoms. The molecule has 1 aromatic heterocycles. The van der Waals surface area contributed by atoms with E-state index in [0.717, 1.165) is 17.1 Å². The first kappa shape index (κ1) is 8.01. The Hall–Kier alpha value is -1.09. The topological polar surface area (TPSA) is 50.9 Å². The molecule has 0 saturated carbocycles. The molecule has 0 aliphatic heterocycles. The highest BCUT2D eigenvalue weighted by atomic mass is 15.2. The van der Waals surface area contributed by atoms with Gasteiger partial charge in [-0.15, -0.1) is 0 Å². The van der Waals surface area contributed by atoms with E-state index in [-0.39, 0.29) is 0 Å². The molecule has 1 heterocycles. The number of hydrazine groups is 1. The smallest absolute Gasteiger partial charge is 0.143 e. The van der Waals surface area contributed by atoms with Gasteiger partial charge in [-0.2, -0.15) is 0 Å². The number of anilines is 1. The first-order valence-corrected chi connectivity index (χ1v) is 3.56. The van der Waals surface area contributed by atoms with E-state index in [1.807, 2.05) is 20.8 Å². The molecular weight excluding hydrogens is 138 g/mol. The minimum absolute atomic E-state index is 0.758. The molecule has 0 atom stereocenters. The van der Waals surface area contributed by atoms with Gasteiger partial charge in [-0.1, -0.05) is 6.07 Å². The number of nitrogens with one attached hydrogen (secondary N) is 1. The van der Waals surface area contributed by atoms with Gasteiger partial charge in [0.2, 0.25) is 0 Å². The van der Waals surface area contributed by atoms with Crippen LogP contribution < -0.4 is 11.3 Å². The van der Waals surface area contributed by atoms with Gasteiger partial charge >= 0.3 is 0 Å². The molecule has 0 aromatic carbocycles. The summed E-state index contributed by atoms with van der Waals surface area (Å²) in [6.07, 6.45) is 0. The lowest BCUT2D eigenvalue weighted by molar-refractivity contribution is 1.10. The van der Waals surface area contributed by atoms with Gasteiger partial charge in [0, 0.05) is 5.69 Å². The van der Waals surface area contributed by atoms with E-state index >= 15 is 0 Å². The number of aryl methyl sites for hydroxylation is 3. The lowest BCUT2D eigenvalue weighted by atomic mass is 10.1. The Bertz CT molecular complexity index is 268. The highest BCUT2D eigenvalue weighted by molar-refractivity contribution is 5.45. The van der Waals surface area contributed by atoms with Crippen molar-refractivity contribution in [2.24, 2.45) is 5.84 Å². The van der Waals surface area contributed by atoms with Gasteiger partial charge < -0.3 is 5.43 Å². The Balaban J connectivity index is 3.21. The zero-order valence-electron chi connectivity index (χ0n) is 7.10. The molecule has 0 amide bonds. The molecule has 0 unspecified atom stereocenters. The van der Waals surface area contributed by atoms with Crippen LogP contribution in [-0.4, -0.2) is 4.98 Å². The van der Waals surface area contributed by atoms with Crippen LogP contribution in [-0.2, 0) is 0 Å². The van der Waals surface area contributed by atoms with Crippen LogP contribution in [0.5, 0.6) is 0 Å². The molecule has 0 bridgehead atoms. The van der Waals surface area contributed by atoms with Crippen LogP contribution in [0.25, 0.3) is 0 Å². The zero-order chi connectivity index (χ0) is 8.43. The van der Waals surface area contributed by atoms with E-state index in [1.54, 1.807) is 0 Å². The summed E-state index contributed by atoms with van der Waals surface area (Å²) in [6.45, 7) is 5.99. The third-order valence-corrected chi connectivity index (χ3v) is 1.79. The minimum atomic E-state index is 0.758. The van der Waals surface area contributed by atoms with Crippen molar-refractivity contribution in [3.63, 3.8) is 0 Å². The van der Waals surface area contributed by atoms with Crippen LogP contribution in [0.3, 0.4) is 0 Å². The van der Waals surface area contributed by atoms with E-state index in [9.17, 15) is 0 Å². The average Bonchev–Trinajstić information content (AvgIpc) is 1.97. The van der Waals surface area contributed by atoms with Gasteiger partial charge in [-0.05, 0) is 31.9 Å². The molecule has 3 heteroatoms. The van der Waals surface area contributed by atoms with E-state index in [4.69, 9.17) is 5.84 Å². The van der Waals surface area contributed by atoms with Crippen LogP contribution in [0.15, 0.2) is 6.07 Å². The quantitative estimate of drug-likeness (QED) is 0.469. The van der Waals surface area contributed by atoms with Crippen LogP contribution in [0.2, 0.25) is 0 Å². The van der Waals surface area contributed by atoms with Crippen molar-refractivity contribution in [1.29, 1.82) is 0 Å². The fourth-order valence-corrected chi connectivity index (χ4v) is 0.988. The fourth-order valence-electron chi connectivity index (χ4n) is 0.988. The van der Waals surface area contributed by atoms with E-state index in [0.29, 0.717) is 0 Å². The summed E-state index contributed by atoms with van der Waals surface area (Å²) >= 11 is 0. The Labute approximate surface area is 66.6 Å². The van der Waals surface area contributed by atoms with Gasteiger partial charge in [-0.25, -0.2) is 10.8 Å². The third kappa shape index (κ3) is 1.49. The molecule has 1 rings (SSSR count). The van der Waals surface area contributed by atoms with Gasteiger partial charge in [-0.3, -0.25) is 0 Å². The van der Waals surface area contributed by atoms with Crippen molar-refractivity contribution in [3.8, 4) is 0 Å². The molecule has 1 aromatic rings. The number of nitrogen functional groups attached to an aromatic ring is 1. The predicted octanol–water partition coefficient (Wildman–Crippen LogP) is 1.29. The molecule has 0 spiro atoms. The largest absolute Gasteiger partial charge is 0.308 e. The summed E-state index contributed by atoms with van der Waals surface area (Å²) in [7, 11) is 0. The number of hydrogen-bond acceptors (Lipinski definition) is 3. The van der Waals surface area contributed by atoms with Crippen LogP contribution in [0, 0.1) is 20.8 Å². The predicted molar refractivity (Wildman–Crippen MR) is 46.3 cm³/mol. The summed E-state index contributed by atoms with van der Waals surface area (Å²) in [5.41, 5.74) is 5.84. The maximum absolute atomic E-state index is 5.26. The summed E-state index contributed by atoms with van der Waals surface area (Å²) in [4.78, 5) is 4.25.